The molecular weight excluding hydrogens is 434 g/mol. The van der Waals surface area contributed by atoms with Crippen LogP contribution in [0.4, 0.5) is 23.0 Å². The average molecular weight is 454 g/mol. The van der Waals surface area contributed by atoms with Gasteiger partial charge in [-0.1, -0.05) is 23.7 Å². The molecule has 0 fully saturated rings. The number of halogens is 1. The van der Waals surface area contributed by atoms with Crippen molar-refractivity contribution in [3.05, 3.63) is 77.8 Å². The molecule has 2 N–H and O–H groups in total. The lowest BCUT2D eigenvalue weighted by Gasteiger charge is -2.15. The van der Waals surface area contributed by atoms with E-state index in [2.05, 4.69) is 20.0 Å². The molecule has 4 aromatic rings. The van der Waals surface area contributed by atoms with Crippen LogP contribution in [0, 0.1) is 0 Å². The second-order valence-corrected chi connectivity index (χ2v) is 9.15. The molecule has 0 aliphatic heterocycles. The number of fused-ring (bicyclic) bond motifs is 1. The third kappa shape index (κ3) is 4.70. The van der Waals surface area contributed by atoms with E-state index in [1.165, 1.54) is 24.3 Å². The van der Waals surface area contributed by atoms with Gasteiger partial charge in [-0.25, -0.2) is 18.4 Å². The molecule has 0 unspecified atom stereocenters. The van der Waals surface area contributed by atoms with Gasteiger partial charge in [-0.15, -0.1) is 0 Å². The molecule has 0 saturated carbocycles. The van der Waals surface area contributed by atoms with Crippen molar-refractivity contribution >= 4 is 55.7 Å². The van der Waals surface area contributed by atoms with Crippen molar-refractivity contribution in [1.29, 1.82) is 0 Å². The molecule has 1 aromatic heterocycles. The van der Waals surface area contributed by atoms with Gasteiger partial charge in [0.15, 0.2) is 11.6 Å². The summed E-state index contributed by atoms with van der Waals surface area (Å²) in [6, 6.07) is 20.9. The van der Waals surface area contributed by atoms with Gasteiger partial charge in [-0.3, -0.25) is 4.72 Å². The maximum atomic E-state index is 12.9. The summed E-state index contributed by atoms with van der Waals surface area (Å²) in [5.41, 5.74) is 3.01. The van der Waals surface area contributed by atoms with Crippen LogP contribution in [0.3, 0.4) is 0 Å². The van der Waals surface area contributed by atoms with E-state index in [1.807, 2.05) is 61.5 Å². The van der Waals surface area contributed by atoms with Crippen molar-refractivity contribution in [2.24, 2.45) is 0 Å². The summed E-state index contributed by atoms with van der Waals surface area (Å²) in [7, 11) is 0.0292. The van der Waals surface area contributed by atoms with E-state index in [0.29, 0.717) is 21.9 Å². The molecule has 0 saturated heterocycles. The van der Waals surface area contributed by atoms with Crippen LogP contribution in [-0.4, -0.2) is 32.5 Å². The molecule has 1 heterocycles. The quantitative estimate of drug-likeness (QED) is 0.432. The van der Waals surface area contributed by atoms with Gasteiger partial charge >= 0.3 is 0 Å². The van der Waals surface area contributed by atoms with Crippen molar-refractivity contribution in [3.63, 3.8) is 0 Å². The highest BCUT2D eigenvalue weighted by Gasteiger charge is 2.19. The molecule has 0 radical (unpaired) electrons. The number of sulfonamides is 1. The summed E-state index contributed by atoms with van der Waals surface area (Å²) in [5, 5.41) is 3.63. The number of hydrogen-bond donors (Lipinski definition) is 2. The van der Waals surface area contributed by atoms with Crippen LogP contribution in [0.5, 0.6) is 0 Å². The van der Waals surface area contributed by atoms with Gasteiger partial charge in [0.05, 0.1) is 15.9 Å². The Morgan fingerprint density at radius 3 is 1.97 bits per heavy atom. The Morgan fingerprint density at radius 2 is 1.39 bits per heavy atom. The number of anilines is 4. The summed E-state index contributed by atoms with van der Waals surface area (Å²) in [4.78, 5) is 11.2. The number of nitrogens with one attached hydrogen (secondary N) is 2. The summed E-state index contributed by atoms with van der Waals surface area (Å²) < 4.78 is 28.4. The lowest BCUT2D eigenvalue weighted by atomic mass is 10.2. The van der Waals surface area contributed by atoms with Crippen LogP contribution < -0.4 is 14.9 Å². The number of hydrogen-bond acceptors (Lipinski definition) is 6. The van der Waals surface area contributed by atoms with Crippen LogP contribution >= 0.6 is 11.6 Å². The van der Waals surface area contributed by atoms with Crippen molar-refractivity contribution in [3.8, 4) is 0 Å². The minimum atomic E-state index is -3.89. The van der Waals surface area contributed by atoms with Crippen LogP contribution in [0.25, 0.3) is 11.0 Å². The van der Waals surface area contributed by atoms with Gasteiger partial charge < -0.3 is 10.2 Å². The second-order valence-electron chi connectivity index (χ2n) is 7.04. The number of para-hydroxylation sites is 2. The molecule has 0 atom stereocenters. The fraction of sp³-hybridized carbons (Fsp3) is 0.0909. The Kier molecular flexibility index (Phi) is 5.67. The fourth-order valence-electron chi connectivity index (χ4n) is 2.94. The third-order valence-corrected chi connectivity index (χ3v) is 6.18. The molecule has 3 aromatic carbocycles. The molecule has 0 aliphatic rings. The monoisotopic (exact) mass is 453 g/mol. The van der Waals surface area contributed by atoms with E-state index in [4.69, 9.17) is 11.6 Å². The van der Waals surface area contributed by atoms with Crippen molar-refractivity contribution in [1.82, 2.24) is 9.97 Å². The first-order chi connectivity index (χ1) is 14.8. The summed E-state index contributed by atoms with van der Waals surface area (Å²) >= 11 is 5.88. The summed E-state index contributed by atoms with van der Waals surface area (Å²) in [5.74, 6) is 0.402. The maximum absolute atomic E-state index is 12.9. The van der Waals surface area contributed by atoms with Crippen LogP contribution in [-0.2, 0) is 10.0 Å². The van der Waals surface area contributed by atoms with E-state index in [0.717, 1.165) is 11.4 Å². The van der Waals surface area contributed by atoms with E-state index < -0.39 is 10.0 Å². The molecule has 9 heteroatoms. The molecular formula is C22H20ClN5O2S. The van der Waals surface area contributed by atoms with Gasteiger partial charge in [0.25, 0.3) is 10.0 Å². The van der Waals surface area contributed by atoms with Crippen LogP contribution in [0.15, 0.2) is 77.7 Å². The minimum Gasteiger partial charge on any atom is -0.378 e. The average Bonchev–Trinajstić information content (AvgIpc) is 2.74. The van der Waals surface area contributed by atoms with Gasteiger partial charge in [0, 0.05) is 30.5 Å². The molecule has 4 rings (SSSR count). The first kappa shape index (κ1) is 20.9. The Hall–Kier alpha value is -3.36. The maximum Gasteiger partial charge on any atom is 0.263 e. The number of benzene rings is 3. The molecule has 0 amide bonds. The number of nitrogens with zero attached hydrogens (tertiary/aromatic N) is 3. The Morgan fingerprint density at radius 1 is 0.806 bits per heavy atom. The van der Waals surface area contributed by atoms with Gasteiger partial charge in [0.1, 0.15) is 0 Å². The Labute approximate surface area is 185 Å². The van der Waals surface area contributed by atoms with Crippen molar-refractivity contribution in [2.75, 3.05) is 29.0 Å². The lowest BCUT2D eigenvalue weighted by Crippen LogP contribution is -2.16. The third-order valence-electron chi connectivity index (χ3n) is 4.57. The smallest absolute Gasteiger partial charge is 0.263 e. The first-order valence-electron chi connectivity index (χ1n) is 9.41. The molecule has 7 nitrogen and oxygen atoms in total. The van der Waals surface area contributed by atoms with Crippen LogP contribution in [0.1, 0.15) is 0 Å². The Balaban J connectivity index is 1.73. The summed E-state index contributed by atoms with van der Waals surface area (Å²) in [6.07, 6.45) is 0. The zero-order valence-electron chi connectivity index (χ0n) is 16.9. The van der Waals surface area contributed by atoms with Crippen molar-refractivity contribution in [2.45, 2.75) is 4.90 Å². The predicted molar refractivity (Wildman–Crippen MR) is 126 cm³/mol. The fourth-order valence-corrected chi connectivity index (χ4v) is 4.07. The van der Waals surface area contributed by atoms with Crippen LogP contribution in [0.2, 0.25) is 5.02 Å². The van der Waals surface area contributed by atoms with E-state index in [-0.39, 0.29) is 10.7 Å². The topological polar surface area (TPSA) is 87.2 Å². The minimum absolute atomic E-state index is 0.0770. The largest absolute Gasteiger partial charge is 0.378 e. The predicted octanol–water partition coefficient (Wildman–Crippen LogP) is 4.89. The van der Waals surface area contributed by atoms with Gasteiger partial charge in [-0.05, 0) is 60.7 Å². The Bertz CT molecular complexity index is 1320. The molecule has 31 heavy (non-hydrogen) atoms. The zero-order valence-corrected chi connectivity index (χ0v) is 18.4. The highest BCUT2D eigenvalue weighted by atomic mass is 35.5. The number of rotatable bonds is 6. The number of aromatic nitrogens is 2. The van der Waals surface area contributed by atoms with E-state index >= 15 is 0 Å². The van der Waals surface area contributed by atoms with Gasteiger partial charge in [-0.2, -0.15) is 0 Å². The highest BCUT2D eigenvalue weighted by molar-refractivity contribution is 7.92. The van der Waals surface area contributed by atoms with E-state index in [9.17, 15) is 8.42 Å². The lowest BCUT2D eigenvalue weighted by molar-refractivity contribution is 0.601. The van der Waals surface area contributed by atoms with E-state index in [1.54, 1.807) is 6.07 Å². The molecule has 0 aliphatic carbocycles. The second kappa shape index (κ2) is 8.41. The standard InChI is InChI=1S/C22H20ClN5O2S/c1-28(2)17-11-9-16(10-12-17)24-21-22(26-20-6-4-3-5-19(20)25-21)27-31(29,30)18-13-7-15(23)8-14-18/h3-14H,1-2H3,(H,24,25)(H,26,27). The SMILES string of the molecule is CN(C)c1ccc(Nc2nc3ccccc3nc2NS(=O)(=O)c2ccc(Cl)cc2)cc1. The summed E-state index contributed by atoms with van der Waals surface area (Å²) in [6.45, 7) is 0. The molecule has 0 spiro atoms. The molecule has 158 valence electrons. The molecule has 0 bridgehead atoms. The van der Waals surface area contributed by atoms with Gasteiger partial charge in [0.2, 0.25) is 0 Å². The normalized spacial score (nSPS) is 11.3. The first-order valence-corrected chi connectivity index (χ1v) is 11.3. The van der Waals surface area contributed by atoms with Crippen molar-refractivity contribution < 1.29 is 8.42 Å². The highest BCUT2D eigenvalue weighted by Crippen LogP contribution is 2.28. The zero-order chi connectivity index (χ0) is 22.0.